The van der Waals surface area contributed by atoms with Gasteiger partial charge in [-0.15, -0.1) is 0 Å². The number of nitrogens with zero attached hydrogens (tertiary/aromatic N) is 1. The number of amides is 1. The molecule has 2 unspecified atom stereocenters. The molecule has 2 rings (SSSR count). The monoisotopic (exact) mass is 284 g/mol. The van der Waals surface area contributed by atoms with Crippen LogP contribution in [-0.2, 0) is 4.74 Å². The molecule has 1 aliphatic rings. The Hall–Kier alpha value is -1.30. The number of carbonyl (C=O) groups is 1. The first-order valence-electron chi connectivity index (χ1n) is 6.11. The van der Waals surface area contributed by atoms with E-state index in [9.17, 15) is 4.79 Å². The molecule has 0 saturated carbocycles. The van der Waals surface area contributed by atoms with Crippen LogP contribution in [0.5, 0.6) is 0 Å². The summed E-state index contributed by atoms with van der Waals surface area (Å²) in [4.78, 5) is 14.0. The van der Waals surface area contributed by atoms with Crippen LogP contribution in [0.3, 0.4) is 0 Å². The molecule has 0 aliphatic carbocycles. The Morgan fingerprint density at radius 2 is 2.26 bits per heavy atom. The molecule has 1 aliphatic heterocycles. The molecule has 0 aromatic heterocycles. The molecule has 0 bridgehead atoms. The topological polar surface area (TPSA) is 75.8 Å². The van der Waals surface area contributed by atoms with Crippen molar-refractivity contribution in [2.24, 2.45) is 0 Å². The third-order valence-corrected chi connectivity index (χ3v) is 3.20. The zero-order valence-corrected chi connectivity index (χ0v) is 11.4. The maximum absolute atomic E-state index is 12.4. The number of aliphatic hydroxyl groups excluding tert-OH is 1. The van der Waals surface area contributed by atoms with Gasteiger partial charge in [-0.05, 0) is 25.1 Å². The van der Waals surface area contributed by atoms with E-state index in [1.165, 1.54) is 0 Å². The second kappa shape index (κ2) is 5.77. The van der Waals surface area contributed by atoms with Crippen molar-refractivity contribution in [2.75, 3.05) is 25.4 Å². The maximum Gasteiger partial charge on any atom is 0.254 e. The van der Waals surface area contributed by atoms with Crippen LogP contribution < -0.4 is 5.73 Å². The molecular formula is C13H17ClN2O3. The smallest absolute Gasteiger partial charge is 0.254 e. The number of hydrogen-bond donors (Lipinski definition) is 2. The third-order valence-electron chi connectivity index (χ3n) is 2.98. The van der Waals surface area contributed by atoms with Crippen LogP contribution in [0.2, 0.25) is 5.02 Å². The summed E-state index contributed by atoms with van der Waals surface area (Å²) < 4.78 is 5.50. The zero-order valence-electron chi connectivity index (χ0n) is 10.7. The third kappa shape index (κ3) is 3.37. The predicted molar refractivity (Wildman–Crippen MR) is 73.2 cm³/mol. The van der Waals surface area contributed by atoms with Gasteiger partial charge < -0.3 is 20.5 Å². The van der Waals surface area contributed by atoms with Gasteiger partial charge in [0.15, 0.2) is 0 Å². The highest BCUT2D eigenvalue weighted by Crippen LogP contribution is 2.20. The van der Waals surface area contributed by atoms with E-state index in [4.69, 9.17) is 27.2 Å². The van der Waals surface area contributed by atoms with Gasteiger partial charge in [0.05, 0.1) is 18.8 Å². The van der Waals surface area contributed by atoms with E-state index in [0.717, 1.165) is 0 Å². The fourth-order valence-electron chi connectivity index (χ4n) is 2.23. The number of carbonyl (C=O) groups excluding carboxylic acids is 1. The van der Waals surface area contributed by atoms with Crippen LogP contribution in [0.25, 0.3) is 0 Å². The lowest BCUT2D eigenvalue weighted by Gasteiger charge is -2.36. The molecule has 3 N–H and O–H groups in total. The standard InChI is InChI=1S/C13H17ClN2O3/c1-8-5-16(6-12(7-17)19-8)13(18)9-2-10(14)4-11(15)3-9/h2-4,8,12,17H,5-7,15H2,1H3. The first-order valence-corrected chi connectivity index (χ1v) is 6.49. The molecular weight excluding hydrogens is 268 g/mol. The lowest BCUT2D eigenvalue weighted by Crippen LogP contribution is -2.50. The van der Waals surface area contributed by atoms with Gasteiger partial charge in [-0.2, -0.15) is 0 Å². The van der Waals surface area contributed by atoms with E-state index in [1.54, 1.807) is 23.1 Å². The van der Waals surface area contributed by atoms with Gasteiger partial charge in [0.1, 0.15) is 0 Å². The van der Waals surface area contributed by atoms with Crippen molar-refractivity contribution in [2.45, 2.75) is 19.1 Å². The van der Waals surface area contributed by atoms with Crippen molar-refractivity contribution in [3.8, 4) is 0 Å². The number of benzene rings is 1. The summed E-state index contributed by atoms with van der Waals surface area (Å²) >= 11 is 5.90. The molecule has 1 amide bonds. The second-order valence-electron chi connectivity index (χ2n) is 4.73. The first-order chi connectivity index (χ1) is 8.99. The van der Waals surface area contributed by atoms with Crippen LogP contribution in [0.4, 0.5) is 5.69 Å². The average Bonchev–Trinajstić information content (AvgIpc) is 2.35. The normalized spacial score (nSPS) is 23.4. The SMILES string of the molecule is CC1CN(C(=O)c2cc(N)cc(Cl)c2)CC(CO)O1. The number of rotatable bonds is 2. The van der Waals surface area contributed by atoms with Crippen molar-refractivity contribution in [1.29, 1.82) is 0 Å². The minimum absolute atomic E-state index is 0.105. The van der Waals surface area contributed by atoms with Gasteiger partial charge in [-0.3, -0.25) is 4.79 Å². The van der Waals surface area contributed by atoms with Crippen LogP contribution in [0.15, 0.2) is 18.2 Å². The summed E-state index contributed by atoms with van der Waals surface area (Å²) in [6, 6.07) is 4.79. The number of morpholine rings is 1. The molecule has 1 aromatic rings. The van der Waals surface area contributed by atoms with E-state index in [2.05, 4.69) is 0 Å². The Bertz CT molecular complexity index is 461. The van der Waals surface area contributed by atoms with E-state index in [-0.39, 0.29) is 24.7 Å². The maximum atomic E-state index is 12.4. The number of anilines is 1. The lowest BCUT2D eigenvalue weighted by atomic mass is 10.1. The average molecular weight is 285 g/mol. The Morgan fingerprint density at radius 1 is 1.53 bits per heavy atom. The summed E-state index contributed by atoms with van der Waals surface area (Å²) in [5.74, 6) is -0.150. The highest BCUT2D eigenvalue weighted by Gasteiger charge is 2.28. The summed E-state index contributed by atoms with van der Waals surface area (Å²) in [6.07, 6.45) is -0.449. The summed E-state index contributed by atoms with van der Waals surface area (Å²) in [5.41, 5.74) is 6.60. The zero-order chi connectivity index (χ0) is 14.0. The predicted octanol–water partition coefficient (Wildman–Crippen LogP) is 1.14. The van der Waals surface area contributed by atoms with Crippen LogP contribution in [0.1, 0.15) is 17.3 Å². The van der Waals surface area contributed by atoms with E-state index in [1.807, 2.05) is 6.92 Å². The molecule has 5 nitrogen and oxygen atoms in total. The minimum atomic E-state index is -0.343. The molecule has 1 fully saturated rings. The van der Waals surface area contributed by atoms with Crippen LogP contribution in [0, 0.1) is 0 Å². The van der Waals surface area contributed by atoms with E-state index < -0.39 is 0 Å². The van der Waals surface area contributed by atoms with Crippen LogP contribution in [-0.4, -0.2) is 47.8 Å². The Kier molecular flexibility index (Phi) is 4.29. The highest BCUT2D eigenvalue weighted by molar-refractivity contribution is 6.31. The number of halogens is 1. The quantitative estimate of drug-likeness (QED) is 0.799. The van der Waals surface area contributed by atoms with Gasteiger partial charge >= 0.3 is 0 Å². The van der Waals surface area contributed by atoms with Crippen molar-refractivity contribution in [3.05, 3.63) is 28.8 Å². The fraction of sp³-hybridized carbons (Fsp3) is 0.462. The van der Waals surface area contributed by atoms with Crippen molar-refractivity contribution < 1.29 is 14.6 Å². The Labute approximate surface area is 116 Å². The number of nitrogens with two attached hydrogens (primary N) is 1. The molecule has 1 heterocycles. The Balaban J connectivity index is 2.18. The molecule has 104 valence electrons. The number of hydrogen-bond acceptors (Lipinski definition) is 4. The summed E-state index contributed by atoms with van der Waals surface area (Å²) in [6.45, 7) is 2.62. The van der Waals surface area contributed by atoms with Crippen molar-refractivity contribution in [1.82, 2.24) is 4.90 Å². The molecule has 0 radical (unpaired) electrons. The fourth-order valence-corrected chi connectivity index (χ4v) is 2.47. The van der Waals surface area contributed by atoms with Gasteiger partial charge in [0, 0.05) is 29.4 Å². The number of aliphatic hydroxyl groups is 1. The molecule has 2 atom stereocenters. The van der Waals surface area contributed by atoms with Crippen molar-refractivity contribution in [3.63, 3.8) is 0 Å². The molecule has 6 heteroatoms. The lowest BCUT2D eigenvalue weighted by molar-refractivity contribution is -0.0858. The second-order valence-corrected chi connectivity index (χ2v) is 5.17. The van der Waals surface area contributed by atoms with Crippen LogP contribution >= 0.6 is 11.6 Å². The minimum Gasteiger partial charge on any atom is -0.399 e. The summed E-state index contributed by atoms with van der Waals surface area (Å²) in [5, 5.41) is 9.60. The molecule has 1 aromatic carbocycles. The largest absolute Gasteiger partial charge is 0.399 e. The van der Waals surface area contributed by atoms with Gasteiger partial charge in [0.25, 0.3) is 5.91 Å². The van der Waals surface area contributed by atoms with Gasteiger partial charge in [0.2, 0.25) is 0 Å². The Morgan fingerprint density at radius 3 is 2.89 bits per heavy atom. The molecule has 19 heavy (non-hydrogen) atoms. The molecule has 1 saturated heterocycles. The summed E-state index contributed by atoms with van der Waals surface area (Å²) in [7, 11) is 0. The highest BCUT2D eigenvalue weighted by atomic mass is 35.5. The van der Waals surface area contributed by atoms with E-state index >= 15 is 0 Å². The molecule has 0 spiro atoms. The van der Waals surface area contributed by atoms with E-state index in [0.29, 0.717) is 29.4 Å². The first kappa shape index (κ1) is 14.1. The van der Waals surface area contributed by atoms with Crippen molar-refractivity contribution >= 4 is 23.2 Å². The van der Waals surface area contributed by atoms with Gasteiger partial charge in [-0.25, -0.2) is 0 Å². The van der Waals surface area contributed by atoms with Gasteiger partial charge in [-0.1, -0.05) is 11.6 Å². The number of nitrogen functional groups attached to an aromatic ring is 1. The number of ether oxygens (including phenoxy) is 1.